The normalized spacial score (nSPS) is 11.2. The molecule has 4 nitrogen and oxygen atoms in total. The molecule has 1 aromatic carbocycles. The van der Waals surface area contributed by atoms with Crippen LogP contribution in [-0.4, -0.2) is 10.2 Å². The van der Waals surface area contributed by atoms with Gasteiger partial charge in [0.15, 0.2) is 0 Å². The number of hydrogen-bond acceptors (Lipinski definition) is 3. The first-order valence-electron chi connectivity index (χ1n) is 4.13. The molecule has 78 valence electrons. The molecule has 0 saturated carbocycles. The van der Waals surface area contributed by atoms with Gasteiger partial charge in [-0.2, -0.15) is 0 Å². The molecule has 0 bridgehead atoms. The largest absolute Gasteiger partial charge is 0.276 e. The van der Waals surface area contributed by atoms with Crippen molar-refractivity contribution in [2.24, 2.45) is 0 Å². The van der Waals surface area contributed by atoms with E-state index in [1.807, 2.05) is 0 Å². The van der Waals surface area contributed by atoms with Crippen LogP contribution >= 0.6 is 11.6 Å². The van der Waals surface area contributed by atoms with Gasteiger partial charge in [-0.05, 0) is 29.7 Å². The quantitative estimate of drug-likeness (QED) is 0.344. The number of allylic oxidation sites excluding steroid dienone is 2. The van der Waals surface area contributed by atoms with E-state index >= 15 is 0 Å². The van der Waals surface area contributed by atoms with Crippen molar-refractivity contribution in [3.63, 3.8) is 0 Å². The number of rotatable bonds is 3. The van der Waals surface area contributed by atoms with Crippen LogP contribution in [0.5, 0.6) is 0 Å². The lowest BCUT2D eigenvalue weighted by Crippen LogP contribution is -1.90. The number of hydrogen-bond donors (Lipinski definition) is 0. The van der Waals surface area contributed by atoms with Gasteiger partial charge in [-0.3, -0.25) is 14.9 Å². The van der Waals surface area contributed by atoms with Gasteiger partial charge in [0.25, 0.3) is 5.69 Å². The molecular weight excluding hydrogens is 218 g/mol. The van der Waals surface area contributed by atoms with Crippen molar-refractivity contribution in [1.29, 1.82) is 0 Å². The summed E-state index contributed by atoms with van der Waals surface area (Å²) in [5.74, 6) is 0. The topological polar surface area (TPSA) is 60.2 Å². The maximum absolute atomic E-state index is 10.6. The van der Waals surface area contributed by atoms with Crippen LogP contribution in [-0.2, 0) is 4.79 Å². The van der Waals surface area contributed by atoms with Crippen LogP contribution in [0.3, 0.4) is 0 Å². The molecule has 0 saturated heterocycles. The van der Waals surface area contributed by atoms with E-state index in [4.69, 9.17) is 11.6 Å². The van der Waals surface area contributed by atoms with E-state index in [-0.39, 0.29) is 5.69 Å². The molecule has 0 heterocycles. The fraction of sp³-hybridized carbons (Fsp3) is 0.100. The molecule has 1 rings (SSSR count). The summed E-state index contributed by atoms with van der Waals surface area (Å²) in [6, 6.07) is 6.02. The summed E-state index contributed by atoms with van der Waals surface area (Å²) in [5.41, 5.74) is 1.19. The summed E-state index contributed by atoms with van der Waals surface area (Å²) in [6.45, 7) is 1.67. The smallest absolute Gasteiger partial charge is 0.270 e. The Bertz CT molecular complexity index is 440. The zero-order valence-electron chi connectivity index (χ0n) is 7.94. The highest BCUT2D eigenvalue weighted by atomic mass is 35.5. The van der Waals surface area contributed by atoms with Gasteiger partial charge in [0.05, 0.1) is 4.92 Å². The third-order valence-electron chi connectivity index (χ3n) is 1.84. The van der Waals surface area contributed by atoms with E-state index in [1.54, 1.807) is 19.1 Å². The van der Waals surface area contributed by atoms with E-state index in [0.717, 1.165) is 0 Å². The summed E-state index contributed by atoms with van der Waals surface area (Å²) >= 11 is 5.18. The van der Waals surface area contributed by atoms with Crippen molar-refractivity contribution in [1.82, 2.24) is 0 Å². The van der Waals surface area contributed by atoms with Crippen LogP contribution in [0, 0.1) is 10.1 Å². The Morgan fingerprint density at radius 1 is 1.53 bits per heavy atom. The van der Waals surface area contributed by atoms with Gasteiger partial charge in [0, 0.05) is 18.2 Å². The van der Waals surface area contributed by atoms with Crippen LogP contribution in [0.2, 0.25) is 0 Å². The summed E-state index contributed by atoms with van der Waals surface area (Å²) < 4.78 is 0. The summed E-state index contributed by atoms with van der Waals surface area (Å²) in [5, 5.41) is 9.89. The molecule has 5 heteroatoms. The zero-order valence-corrected chi connectivity index (χ0v) is 8.69. The van der Waals surface area contributed by atoms with Crippen LogP contribution < -0.4 is 0 Å². The Hall–Kier alpha value is -1.68. The lowest BCUT2D eigenvalue weighted by molar-refractivity contribution is -0.384. The fourth-order valence-electron chi connectivity index (χ4n) is 1.12. The number of nitrogens with zero attached hydrogens (tertiary/aromatic N) is 1. The van der Waals surface area contributed by atoms with E-state index in [9.17, 15) is 14.9 Å². The van der Waals surface area contributed by atoms with Crippen molar-refractivity contribution >= 4 is 28.1 Å². The number of benzene rings is 1. The lowest BCUT2D eigenvalue weighted by Gasteiger charge is -1.99. The van der Waals surface area contributed by atoms with Crippen LogP contribution in [0.1, 0.15) is 12.5 Å². The van der Waals surface area contributed by atoms with Crippen molar-refractivity contribution in [2.45, 2.75) is 6.92 Å². The Morgan fingerprint density at radius 2 is 2.20 bits per heavy atom. The second-order valence-electron chi connectivity index (χ2n) is 2.94. The highest BCUT2D eigenvalue weighted by molar-refractivity contribution is 6.67. The second kappa shape index (κ2) is 4.70. The molecule has 0 atom stereocenters. The predicted molar refractivity (Wildman–Crippen MR) is 57.6 cm³/mol. The third-order valence-corrected chi connectivity index (χ3v) is 1.95. The first-order chi connectivity index (χ1) is 7.00. The number of halogens is 1. The Kier molecular flexibility index (Phi) is 3.57. The molecule has 0 N–H and O–H groups in total. The molecule has 0 amide bonds. The molecule has 0 aliphatic heterocycles. The molecule has 0 aliphatic carbocycles. The molecule has 15 heavy (non-hydrogen) atoms. The maximum atomic E-state index is 10.6. The van der Waals surface area contributed by atoms with Gasteiger partial charge >= 0.3 is 0 Å². The summed E-state index contributed by atoms with van der Waals surface area (Å²) in [6.07, 6.45) is 1.22. The third kappa shape index (κ3) is 3.18. The van der Waals surface area contributed by atoms with Crippen molar-refractivity contribution < 1.29 is 9.72 Å². The standard InChI is InChI=1S/C10H8ClNO3/c1-7(5-10(11)13)8-3-2-4-9(6-8)12(14)15/h2-6H,1H3. The molecule has 0 aromatic heterocycles. The van der Waals surface area contributed by atoms with E-state index in [1.165, 1.54) is 18.2 Å². The molecule has 0 spiro atoms. The van der Waals surface area contributed by atoms with E-state index in [2.05, 4.69) is 0 Å². The molecule has 0 radical (unpaired) electrons. The zero-order chi connectivity index (χ0) is 11.4. The molecular formula is C10H8ClNO3. The number of nitro groups is 1. The maximum Gasteiger partial charge on any atom is 0.270 e. The summed E-state index contributed by atoms with van der Waals surface area (Å²) in [7, 11) is 0. The summed E-state index contributed by atoms with van der Waals surface area (Å²) in [4.78, 5) is 20.6. The Morgan fingerprint density at radius 3 is 2.73 bits per heavy atom. The highest BCUT2D eigenvalue weighted by Crippen LogP contribution is 2.19. The molecule has 0 fully saturated rings. The van der Waals surface area contributed by atoms with Crippen LogP contribution in [0.25, 0.3) is 5.57 Å². The van der Waals surface area contributed by atoms with Gasteiger partial charge in [-0.25, -0.2) is 0 Å². The Balaban J connectivity index is 3.11. The van der Waals surface area contributed by atoms with E-state index < -0.39 is 10.2 Å². The minimum atomic E-state index is -0.598. The molecule has 1 aromatic rings. The van der Waals surface area contributed by atoms with Crippen molar-refractivity contribution in [3.8, 4) is 0 Å². The minimum absolute atomic E-state index is 0.0118. The fourth-order valence-corrected chi connectivity index (χ4v) is 1.28. The number of non-ortho nitro benzene ring substituents is 1. The average molecular weight is 226 g/mol. The Labute approximate surface area is 91.3 Å². The van der Waals surface area contributed by atoms with Crippen molar-refractivity contribution in [3.05, 3.63) is 46.0 Å². The van der Waals surface area contributed by atoms with Gasteiger partial charge in [0.2, 0.25) is 5.24 Å². The average Bonchev–Trinajstić information content (AvgIpc) is 2.17. The number of carbonyl (C=O) groups excluding carboxylic acids is 1. The highest BCUT2D eigenvalue weighted by Gasteiger charge is 2.06. The second-order valence-corrected chi connectivity index (χ2v) is 3.31. The minimum Gasteiger partial charge on any atom is -0.276 e. The van der Waals surface area contributed by atoms with Gasteiger partial charge < -0.3 is 0 Å². The van der Waals surface area contributed by atoms with Crippen molar-refractivity contribution in [2.75, 3.05) is 0 Å². The van der Waals surface area contributed by atoms with Gasteiger partial charge in [-0.1, -0.05) is 12.1 Å². The first-order valence-corrected chi connectivity index (χ1v) is 4.51. The van der Waals surface area contributed by atoms with Gasteiger partial charge in [-0.15, -0.1) is 0 Å². The SMILES string of the molecule is CC(=CC(=O)Cl)c1cccc([N+](=O)[O-])c1. The monoisotopic (exact) mass is 225 g/mol. The number of nitro benzene ring substituents is 1. The van der Waals surface area contributed by atoms with Crippen LogP contribution in [0.4, 0.5) is 5.69 Å². The van der Waals surface area contributed by atoms with Crippen LogP contribution in [0.15, 0.2) is 30.3 Å². The van der Waals surface area contributed by atoms with E-state index in [0.29, 0.717) is 11.1 Å². The predicted octanol–water partition coefficient (Wildman–Crippen LogP) is 2.76. The lowest BCUT2D eigenvalue weighted by atomic mass is 10.1. The molecule has 0 aliphatic rings. The number of carbonyl (C=O) groups is 1. The van der Waals surface area contributed by atoms with Gasteiger partial charge in [0.1, 0.15) is 0 Å². The first kappa shape index (κ1) is 11.4. The molecule has 0 unspecified atom stereocenters.